The van der Waals surface area contributed by atoms with Gasteiger partial charge in [-0.15, -0.1) is 0 Å². The van der Waals surface area contributed by atoms with Crippen LogP contribution in [-0.2, 0) is 11.3 Å². The van der Waals surface area contributed by atoms with Gasteiger partial charge >= 0.3 is 5.97 Å². The topological polar surface area (TPSA) is 104 Å². The van der Waals surface area contributed by atoms with E-state index in [0.717, 1.165) is 0 Å². The van der Waals surface area contributed by atoms with Crippen LogP contribution in [0.2, 0.25) is 0 Å². The minimum Gasteiger partial charge on any atom is -0.465 e. The zero-order chi connectivity index (χ0) is 11.4. The van der Waals surface area contributed by atoms with Crippen LogP contribution >= 0.6 is 0 Å². The van der Waals surface area contributed by atoms with E-state index in [0.29, 0.717) is 17.1 Å². The summed E-state index contributed by atoms with van der Waals surface area (Å²) in [5, 5.41) is 0. The molecule has 0 aromatic carbocycles. The molecule has 4 N–H and O–H groups in total. The van der Waals surface area contributed by atoms with Gasteiger partial charge in [0.15, 0.2) is 5.96 Å². The van der Waals surface area contributed by atoms with Crippen LogP contribution in [0.3, 0.4) is 0 Å². The van der Waals surface area contributed by atoms with Crippen LogP contribution < -0.4 is 11.5 Å². The molecule has 1 rings (SSSR count). The number of carbonyl (C=O) groups excluding carboxylic acids is 1. The molecule has 0 saturated heterocycles. The Labute approximate surface area is 86.9 Å². The maximum atomic E-state index is 11.2. The Hall–Kier alpha value is -1.98. The number of nitrogens with zero attached hydrogens (tertiary/aromatic N) is 1. The van der Waals surface area contributed by atoms with Gasteiger partial charge in [0.25, 0.3) is 0 Å². The molecule has 0 saturated carbocycles. The Morgan fingerprint density at radius 1 is 1.60 bits per heavy atom. The third-order valence-electron chi connectivity index (χ3n) is 1.79. The fraction of sp³-hybridized carbons (Fsp3) is 0.333. The molecule has 0 atom stereocenters. The molecule has 0 spiro atoms. The summed E-state index contributed by atoms with van der Waals surface area (Å²) in [7, 11) is 1.31. The normalized spacial score (nSPS) is 9.73. The molecule has 6 heteroatoms. The highest BCUT2D eigenvalue weighted by molar-refractivity contribution is 5.90. The number of esters is 1. The zero-order valence-electron chi connectivity index (χ0n) is 8.61. The Balaban J connectivity index is 2.86. The molecule has 1 heterocycles. The molecule has 1 aromatic heterocycles. The fourth-order valence-corrected chi connectivity index (χ4v) is 1.10. The molecule has 0 amide bonds. The number of rotatable bonds is 3. The van der Waals surface area contributed by atoms with E-state index in [1.165, 1.54) is 7.11 Å². The first-order valence-electron chi connectivity index (χ1n) is 4.27. The molecule has 6 nitrogen and oxygen atoms in total. The summed E-state index contributed by atoms with van der Waals surface area (Å²) in [6, 6.07) is 1.56. The average Bonchev–Trinajstić information content (AvgIpc) is 2.55. The predicted molar refractivity (Wildman–Crippen MR) is 54.3 cm³/mol. The van der Waals surface area contributed by atoms with E-state index >= 15 is 0 Å². The lowest BCUT2D eigenvalue weighted by Gasteiger charge is -1.93. The Kier molecular flexibility index (Phi) is 3.33. The number of guanidine groups is 1. The molecule has 0 aliphatic heterocycles. The zero-order valence-corrected chi connectivity index (χ0v) is 8.61. The number of nitrogens with two attached hydrogens (primary N) is 2. The van der Waals surface area contributed by atoms with Gasteiger partial charge in [-0.3, -0.25) is 0 Å². The number of aliphatic imine (C=N–C) groups is 1. The van der Waals surface area contributed by atoms with Crippen LogP contribution in [0.15, 0.2) is 15.5 Å². The SMILES string of the molecule is COC(=O)c1cc(CN=C(N)N)oc1C. The molecule has 0 fully saturated rings. The first-order valence-corrected chi connectivity index (χ1v) is 4.27. The van der Waals surface area contributed by atoms with Crippen molar-refractivity contribution in [1.29, 1.82) is 0 Å². The standard InChI is InChI=1S/C9H13N3O3/c1-5-7(8(13)14-2)3-6(15-5)4-12-9(10)11/h3H,4H2,1-2H3,(H4,10,11,12). The minimum absolute atomic E-state index is 0.0244. The lowest BCUT2D eigenvalue weighted by molar-refractivity contribution is 0.0599. The molecular weight excluding hydrogens is 198 g/mol. The average molecular weight is 211 g/mol. The van der Waals surface area contributed by atoms with Crippen molar-refractivity contribution in [2.24, 2.45) is 16.5 Å². The Bertz CT molecular complexity index is 391. The van der Waals surface area contributed by atoms with Crippen molar-refractivity contribution >= 4 is 11.9 Å². The monoisotopic (exact) mass is 211 g/mol. The lowest BCUT2D eigenvalue weighted by Crippen LogP contribution is -2.22. The molecular formula is C9H13N3O3. The maximum absolute atomic E-state index is 11.2. The second-order valence-electron chi connectivity index (χ2n) is 2.92. The molecule has 1 aromatic rings. The first-order chi connectivity index (χ1) is 7.04. The van der Waals surface area contributed by atoms with Crippen LogP contribution in [0.5, 0.6) is 0 Å². The Morgan fingerprint density at radius 3 is 2.80 bits per heavy atom. The minimum atomic E-state index is -0.438. The number of furan rings is 1. The molecule has 0 aliphatic carbocycles. The second-order valence-corrected chi connectivity index (χ2v) is 2.92. The number of aryl methyl sites for hydroxylation is 1. The van der Waals surface area contributed by atoms with Crippen molar-refractivity contribution < 1.29 is 13.9 Å². The van der Waals surface area contributed by atoms with Crippen molar-refractivity contribution in [3.05, 3.63) is 23.2 Å². The van der Waals surface area contributed by atoms with Crippen molar-refractivity contribution in [3.63, 3.8) is 0 Å². The van der Waals surface area contributed by atoms with E-state index in [2.05, 4.69) is 9.73 Å². The number of ether oxygens (including phenoxy) is 1. The fourth-order valence-electron chi connectivity index (χ4n) is 1.10. The highest BCUT2D eigenvalue weighted by Crippen LogP contribution is 2.16. The smallest absolute Gasteiger partial charge is 0.341 e. The van der Waals surface area contributed by atoms with Gasteiger partial charge in [0, 0.05) is 0 Å². The van der Waals surface area contributed by atoms with E-state index < -0.39 is 5.97 Å². The predicted octanol–water partition coefficient (Wildman–Crippen LogP) is 0.148. The van der Waals surface area contributed by atoms with Gasteiger partial charge in [-0.25, -0.2) is 9.79 Å². The van der Waals surface area contributed by atoms with Gasteiger partial charge in [0.1, 0.15) is 23.6 Å². The highest BCUT2D eigenvalue weighted by atomic mass is 16.5. The summed E-state index contributed by atoms with van der Waals surface area (Å²) < 4.78 is 9.84. The second kappa shape index (κ2) is 4.50. The van der Waals surface area contributed by atoms with E-state index in [1.54, 1.807) is 13.0 Å². The highest BCUT2D eigenvalue weighted by Gasteiger charge is 2.14. The number of hydrogen-bond acceptors (Lipinski definition) is 4. The van der Waals surface area contributed by atoms with E-state index in [4.69, 9.17) is 15.9 Å². The van der Waals surface area contributed by atoms with E-state index in [-0.39, 0.29) is 12.5 Å². The largest absolute Gasteiger partial charge is 0.465 e. The third kappa shape index (κ3) is 2.73. The summed E-state index contributed by atoms with van der Waals surface area (Å²) in [5.74, 6) is 0.541. The van der Waals surface area contributed by atoms with Gasteiger partial charge in [-0.2, -0.15) is 0 Å². The van der Waals surface area contributed by atoms with Crippen LogP contribution in [0.1, 0.15) is 21.9 Å². The maximum Gasteiger partial charge on any atom is 0.341 e. The summed E-state index contributed by atoms with van der Waals surface area (Å²) >= 11 is 0. The van der Waals surface area contributed by atoms with Gasteiger partial charge in [-0.1, -0.05) is 0 Å². The van der Waals surface area contributed by atoms with Gasteiger partial charge in [0.05, 0.1) is 7.11 Å². The number of hydrogen-bond donors (Lipinski definition) is 2. The first kappa shape index (κ1) is 11.1. The quantitative estimate of drug-likeness (QED) is 0.420. The molecule has 82 valence electrons. The molecule has 0 radical (unpaired) electrons. The molecule has 0 aliphatic rings. The lowest BCUT2D eigenvalue weighted by atomic mass is 10.2. The summed E-state index contributed by atoms with van der Waals surface area (Å²) in [6.45, 7) is 1.88. The molecule has 0 bridgehead atoms. The third-order valence-corrected chi connectivity index (χ3v) is 1.79. The molecule has 15 heavy (non-hydrogen) atoms. The van der Waals surface area contributed by atoms with Crippen molar-refractivity contribution in [2.45, 2.75) is 13.5 Å². The van der Waals surface area contributed by atoms with Crippen molar-refractivity contribution in [1.82, 2.24) is 0 Å². The van der Waals surface area contributed by atoms with E-state index in [9.17, 15) is 4.79 Å². The Morgan fingerprint density at radius 2 is 2.27 bits per heavy atom. The van der Waals surface area contributed by atoms with E-state index in [1.807, 2.05) is 0 Å². The summed E-state index contributed by atoms with van der Waals surface area (Å²) in [4.78, 5) is 15.0. The molecule has 0 unspecified atom stereocenters. The van der Waals surface area contributed by atoms with Crippen LogP contribution in [0, 0.1) is 6.92 Å². The van der Waals surface area contributed by atoms with Gasteiger partial charge in [-0.05, 0) is 13.0 Å². The summed E-state index contributed by atoms with van der Waals surface area (Å²) in [6.07, 6.45) is 0. The van der Waals surface area contributed by atoms with Crippen LogP contribution in [0.4, 0.5) is 0 Å². The van der Waals surface area contributed by atoms with Gasteiger partial charge in [0.2, 0.25) is 0 Å². The van der Waals surface area contributed by atoms with Crippen LogP contribution in [-0.4, -0.2) is 19.0 Å². The number of carbonyl (C=O) groups is 1. The van der Waals surface area contributed by atoms with Crippen LogP contribution in [0.25, 0.3) is 0 Å². The van der Waals surface area contributed by atoms with Crippen molar-refractivity contribution in [2.75, 3.05) is 7.11 Å². The number of methoxy groups -OCH3 is 1. The summed E-state index contributed by atoms with van der Waals surface area (Å²) in [5.41, 5.74) is 10.7. The van der Waals surface area contributed by atoms with Crippen molar-refractivity contribution in [3.8, 4) is 0 Å². The van der Waals surface area contributed by atoms with Gasteiger partial charge < -0.3 is 20.6 Å².